The van der Waals surface area contributed by atoms with Crippen molar-refractivity contribution in [3.05, 3.63) is 29.8 Å². The average Bonchev–Trinajstić information content (AvgIpc) is 2.57. The van der Waals surface area contributed by atoms with E-state index >= 15 is 0 Å². The van der Waals surface area contributed by atoms with Gasteiger partial charge in [0.15, 0.2) is 16.8 Å². The zero-order valence-corrected chi connectivity index (χ0v) is 14.5. The Morgan fingerprint density at radius 1 is 1.24 bits per heavy atom. The zero-order valence-electron chi connectivity index (χ0n) is 13.8. The summed E-state index contributed by atoms with van der Waals surface area (Å²) in [7, 11) is 0. The normalized spacial score (nSPS) is 10.6. The van der Waals surface area contributed by atoms with Crippen LogP contribution in [0.4, 0.5) is 5.69 Å². The Hall–Kier alpha value is -2.80. The van der Waals surface area contributed by atoms with Gasteiger partial charge in [-0.05, 0) is 32.0 Å². The maximum absolute atomic E-state index is 11.6. The molecule has 1 heterocycles. The van der Waals surface area contributed by atoms with E-state index in [1.807, 2.05) is 26.0 Å². The molecule has 132 valence electrons. The number of nitrogens with two attached hydrogens (primary N) is 1. The summed E-state index contributed by atoms with van der Waals surface area (Å²) in [4.78, 5) is 18.1. The van der Waals surface area contributed by atoms with Crippen molar-refractivity contribution >= 4 is 33.8 Å². The van der Waals surface area contributed by atoms with E-state index in [4.69, 9.17) is 10.2 Å². The molecule has 0 fully saturated rings. The molecule has 8 heteroatoms. The summed E-state index contributed by atoms with van der Waals surface area (Å²) in [6.45, 7) is 5.76. The number of carbonyl (C=O) groups excluding carboxylic acids is 1. The second-order valence-electron chi connectivity index (χ2n) is 5.37. The minimum absolute atomic E-state index is 0. The lowest BCUT2D eigenvalue weighted by Crippen LogP contribution is -3.00. The number of nitrogens with zero attached hydrogens (tertiary/aromatic N) is 2. The number of benzene rings is 2. The number of anilines is 1. The van der Waals surface area contributed by atoms with Crippen LogP contribution in [0.2, 0.25) is 0 Å². The van der Waals surface area contributed by atoms with Gasteiger partial charge in [-0.1, -0.05) is 0 Å². The molecule has 0 radical (unpaired) electrons. The maximum atomic E-state index is 11.6. The number of hydrogen-bond acceptors (Lipinski definition) is 5. The summed E-state index contributed by atoms with van der Waals surface area (Å²) in [5, 5.41) is 19.8. The van der Waals surface area contributed by atoms with Crippen LogP contribution in [-0.4, -0.2) is 34.2 Å². The SMILES string of the molecule is CCN(CC)c1ccc2nc3c(C(N)=O)cc(O)c(O)c3[o+]c2c1.[Cl-]. The minimum Gasteiger partial charge on any atom is -1.00 e. The fraction of sp³-hybridized carbons (Fsp3) is 0.235. The van der Waals surface area contributed by atoms with Gasteiger partial charge in [0, 0.05) is 18.8 Å². The molecule has 0 aliphatic rings. The van der Waals surface area contributed by atoms with Crippen LogP contribution in [-0.2, 0) is 0 Å². The quantitative estimate of drug-likeness (QED) is 0.331. The van der Waals surface area contributed by atoms with Gasteiger partial charge in [-0.25, -0.2) is 4.98 Å². The van der Waals surface area contributed by atoms with Crippen molar-refractivity contribution in [3.63, 3.8) is 0 Å². The number of halogens is 1. The Kier molecular flexibility index (Phi) is 5.18. The molecule has 4 N–H and O–H groups in total. The summed E-state index contributed by atoms with van der Waals surface area (Å²) in [5.74, 6) is -1.73. The first-order chi connectivity index (χ1) is 11.5. The van der Waals surface area contributed by atoms with E-state index in [1.165, 1.54) is 0 Å². The van der Waals surface area contributed by atoms with Gasteiger partial charge in [0.25, 0.3) is 11.7 Å². The van der Waals surface area contributed by atoms with E-state index in [0.717, 1.165) is 24.8 Å². The fourth-order valence-corrected chi connectivity index (χ4v) is 2.71. The smallest absolute Gasteiger partial charge is 0.424 e. The molecule has 25 heavy (non-hydrogen) atoms. The molecule has 2 aromatic carbocycles. The number of phenolic OH excluding ortho intramolecular Hbond substituents is 2. The van der Waals surface area contributed by atoms with Gasteiger partial charge in [-0.3, -0.25) is 4.79 Å². The van der Waals surface area contributed by atoms with Crippen LogP contribution in [0.1, 0.15) is 24.2 Å². The second-order valence-corrected chi connectivity index (χ2v) is 5.37. The van der Waals surface area contributed by atoms with Gasteiger partial charge < -0.3 is 33.3 Å². The minimum atomic E-state index is -0.767. The molecule has 1 amide bonds. The molecule has 0 atom stereocenters. The highest BCUT2D eigenvalue weighted by atomic mass is 35.5. The Morgan fingerprint density at radius 3 is 2.52 bits per heavy atom. The first-order valence-corrected chi connectivity index (χ1v) is 7.63. The van der Waals surface area contributed by atoms with Crippen molar-refractivity contribution in [2.24, 2.45) is 5.73 Å². The molecule has 0 saturated heterocycles. The molecule has 0 unspecified atom stereocenters. The van der Waals surface area contributed by atoms with Crippen molar-refractivity contribution in [3.8, 4) is 11.5 Å². The highest BCUT2D eigenvalue weighted by Crippen LogP contribution is 2.37. The molecular weight excluding hydrogens is 346 g/mol. The van der Waals surface area contributed by atoms with Gasteiger partial charge in [-0.15, -0.1) is 0 Å². The summed E-state index contributed by atoms with van der Waals surface area (Å²) >= 11 is 0. The summed E-state index contributed by atoms with van der Waals surface area (Å²) in [6.07, 6.45) is 0. The molecule has 0 spiro atoms. The average molecular weight is 364 g/mol. The van der Waals surface area contributed by atoms with E-state index in [-0.39, 0.29) is 29.1 Å². The van der Waals surface area contributed by atoms with Crippen LogP contribution in [0, 0.1) is 0 Å². The topological polar surface area (TPSA) is 111 Å². The number of carbonyl (C=O) groups is 1. The number of amides is 1. The predicted molar refractivity (Wildman–Crippen MR) is 91.3 cm³/mol. The van der Waals surface area contributed by atoms with Crippen molar-refractivity contribution in [2.75, 3.05) is 18.0 Å². The highest BCUT2D eigenvalue weighted by Gasteiger charge is 2.26. The number of phenols is 2. The Balaban J connectivity index is 0.00000225. The van der Waals surface area contributed by atoms with Gasteiger partial charge in [0.1, 0.15) is 0 Å². The lowest BCUT2D eigenvalue weighted by Gasteiger charge is -2.19. The van der Waals surface area contributed by atoms with Gasteiger partial charge >= 0.3 is 11.2 Å². The molecule has 0 aliphatic heterocycles. The third-order valence-corrected chi connectivity index (χ3v) is 3.99. The first kappa shape index (κ1) is 18.5. The highest BCUT2D eigenvalue weighted by molar-refractivity contribution is 6.07. The zero-order chi connectivity index (χ0) is 17.4. The van der Waals surface area contributed by atoms with Crippen LogP contribution in [0.15, 0.2) is 28.7 Å². The van der Waals surface area contributed by atoms with Crippen LogP contribution in [0.25, 0.3) is 22.2 Å². The number of aromatic nitrogens is 1. The van der Waals surface area contributed by atoms with E-state index in [1.54, 1.807) is 6.07 Å². The lowest BCUT2D eigenvalue weighted by atomic mass is 10.1. The number of aromatic hydroxyl groups is 2. The summed E-state index contributed by atoms with van der Waals surface area (Å²) in [6, 6.07) is 6.58. The summed E-state index contributed by atoms with van der Waals surface area (Å²) in [5.41, 5.74) is 7.25. The first-order valence-electron chi connectivity index (χ1n) is 7.63. The lowest BCUT2D eigenvalue weighted by molar-refractivity contribution is -0.0000153. The maximum Gasteiger partial charge on any atom is 0.424 e. The molecule has 1 aromatic heterocycles. The number of hydrogen-bond donors (Lipinski definition) is 3. The Morgan fingerprint density at radius 2 is 1.92 bits per heavy atom. The predicted octanol–water partition coefficient (Wildman–Crippen LogP) is -0.378. The van der Waals surface area contributed by atoms with Gasteiger partial charge in [-0.2, -0.15) is 4.42 Å². The van der Waals surface area contributed by atoms with Crippen molar-refractivity contribution in [2.45, 2.75) is 13.8 Å². The summed E-state index contributed by atoms with van der Waals surface area (Å²) < 4.78 is 5.72. The van der Waals surface area contributed by atoms with E-state index in [9.17, 15) is 15.0 Å². The third-order valence-electron chi connectivity index (χ3n) is 3.99. The van der Waals surface area contributed by atoms with E-state index < -0.39 is 17.4 Å². The molecule has 0 saturated carbocycles. The largest absolute Gasteiger partial charge is 1.00 e. The van der Waals surface area contributed by atoms with Crippen LogP contribution >= 0.6 is 0 Å². The van der Waals surface area contributed by atoms with Gasteiger partial charge in [0.2, 0.25) is 0 Å². The van der Waals surface area contributed by atoms with Crippen LogP contribution < -0.4 is 23.0 Å². The Labute approximate surface area is 150 Å². The molecule has 0 aliphatic carbocycles. The number of primary amides is 1. The van der Waals surface area contributed by atoms with Crippen LogP contribution in [0.3, 0.4) is 0 Å². The van der Waals surface area contributed by atoms with Crippen molar-refractivity contribution in [1.29, 1.82) is 0 Å². The van der Waals surface area contributed by atoms with Crippen LogP contribution in [0.5, 0.6) is 11.5 Å². The third kappa shape index (κ3) is 3.10. The van der Waals surface area contributed by atoms with E-state index in [2.05, 4.69) is 9.88 Å². The number of fused-ring (bicyclic) bond motifs is 2. The van der Waals surface area contributed by atoms with Crippen molar-refractivity contribution in [1.82, 2.24) is 4.98 Å². The molecule has 7 nitrogen and oxygen atoms in total. The van der Waals surface area contributed by atoms with Crippen molar-refractivity contribution < 1.29 is 31.8 Å². The fourth-order valence-electron chi connectivity index (χ4n) is 2.71. The van der Waals surface area contributed by atoms with E-state index in [0.29, 0.717) is 11.1 Å². The Bertz CT molecular complexity index is 958. The molecule has 3 rings (SSSR count). The standard InChI is InChI=1S/C17H17N3O4.ClH/c1-3-20(4-2)9-5-6-11-13(7-9)24-16-14(19-11)10(17(18)23)8-12(21)15(16)22;/h5-8H,3-4H2,1-2H3,(H3-,18,19,21,22,23);1H. The second kappa shape index (κ2) is 6.98. The van der Waals surface area contributed by atoms with Gasteiger partial charge in [0.05, 0.1) is 11.6 Å². The monoisotopic (exact) mass is 363 g/mol. The molecule has 0 bridgehead atoms. The molecule has 3 aromatic rings. The number of rotatable bonds is 4. The molecular formula is C17H18ClN3O4.